The third-order valence-corrected chi connectivity index (χ3v) is 6.67. The van der Waals surface area contributed by atoms with Crippen molar-refractivity contribution in [3.63, 3.8) is 0 Å². The molecular formula is C30H40O6. The molecule has 0 amide bonds. The maximum atomic E-state index is 6.10. The van der Waals surface area contributed by atoms with Crippen molar-refractivity contribution < 1.29 is 28.4 Å². The molecule has 0 saturated carbocycles. The van der Waals surface area contributed by atoms with Gasteiger partial charge in [-0.3, -0.25) is 0 Å². The van der Waals surface area contributed by atoms with Crippen LogP contribution in [0.5, 0.6) is 11.5 Å². The van der Waals surface area contributed by atoms with Crippen LogP contribution in [0.4, 0.5) is 0 Å². The largest absolute Gasteiger partial charge is 0.494 e. The van der Waals surface area contributed by atoms with Crippen LogP contribution < -0.4 is 9.47 Å². The predicted molar refractivity (Wildman–Crippen MR) is 142 cm³/mol. The quantitative estimate of drug-likeness (QED) is 0.339. The molecule has 0 aromatic heterocycles. The molecule has 0 N–H and O–H groups in total. The summed E-state index contributed by atoms with van der Waals surface area (Å²) in [6.45, 7) is 15.7. The van der Waals surface area contributed by atoms with E-state index in [0.717, 1.165) is 34.5 Å². The fourth-order valence-electron chi connectivity index (χ4n) is 5.38. The SMILES string of the molecule is CCOC1=C(OCC)Cc2c(c3c(c4cc(OCC)c(OCC)cc24)CC(OCC)=C(OCC)C3)C1. The molecule has 0 fully saturated rings. The Kier molecular flexibility index (Phi) is 8.55. The highest BCUT2D eigenvalue weighted by Crippen LogP contribution is 2.45. The molecular weight excluding hydrogens is 456 g/mol. The van der Waals surface area contributed by atoms with Gasteiger partial charge in [0.15, 0.2) is 11.5 Å². The van der Waals surface area contributed by atoms with E-state index in [9.17, 15) is 0 Å². The van der Waals surface area contributed by atoms with E-state index in [-0.39, 0.29) is 0 Å². The van der Waals surface area contributed by atoms with Gasteiger partial charge in [-0.2, -0.15) is 0 Å². The molecule has 2 aliphatic rings. The first kappa shape index (κ1) is 26.1. The summed E-state index contributed by atoms with van der Waals surface area (Å²) in [4.78, 5) is 0. The van der Waals surface area contributed by atoms with E-state index in [4.69, 9.17) is 28.4 Å². The van der Waals surface area contributed by atoms with Gasteiger partial charge >= 0.3 is 0 Å². The summed E-state index contributed by atoms with van der Waals surface area (Å²) < 4.78 is 36.4. The first-order valence-electron chi connectivity index (χ1n) is 13.4. The van der Waals surface area contributed by atoms with Crippen molar-refractivity contribution in [3.05, 3.63) is 57.4 Å². The van der Waals surface area contributed by atoms with Gasteiger partial charge < -0.3 is 28.4 Å². The average molecular weight is 497 g/mol. The van der Waals surface area contributed by atoms with E-state index in [0.29, 0.717) is 65.3 Å². The summed E-state index contributed by atoms with van der Waals surface area (Å²) in [5.41, 5.74) is 5.17. The molecule has 2 aromatic carbocycles. The van der Waals surface area contributed by atoms with Crippen LogP contribution in [0.3, 0.4) is 0 Å². The van der Waals surface area contributed by atoms with Crippen molar-refractivity contribution >= 4 is 10.8 Å². The maximum Gasteiger partial charge on any atom is 0.161 e. The monoisotopic (exact) mass is 496 g/mol. The van der Waals surface area contributed by atoms with Gasteiger partial charge in [0.05, 0.1) is 39.6 Å². The van der Waals surface area contributed by atoms with Gasteiger partial charge in [-0.1, -0.05) is 0 Å². The van der Waals surface area contributed by atoms with Crippen molar-refractivity contribution in [2.24, 2.45) is 0 Å². The first-order chi connectivity index (χ1) is 17.6. The minimum atomic E-state index is 0.576. The number of hydrogen-bond acceptors (Lipinski definition) is 6. The van der Waals surface area contributed by atoms with Crippen LogP contribution in [-0.2, 0) is 44.6 Å². The molecule has 6 heteroatoms. The van der Waals surface area contributed by atoms with E-state index in [2.05, 4.69) is 12.1 Å². The molecule has 196 valence electrons. The van der Waals surface area contributed by atoms with Crippen LogP contribution in [0.2, 0.25) is 0 Å². The number of hydrogen-bond donors (Lipinski definition) is 0. The summed E-state index contributed by atoms with van der Waals surface area (Å²) in [6, 6.07) is 4.31. The van der Waals surface area contributed by atoms with Crippen molar-refractivity contribution in [3.8, 4) is 11.5 Å². The topological polar surface area (TPSA) is 55.4 Å². The van der Waals surface area contributed by atoms with Crippen LogP contribution in [0.25, 0.3) is 10.8 Å². The molecule has 0 radical (unpaired) electrons. The Hall–Kier alpha value is -3.02. The zero-order chi connectivity index (χ0) is 25.7. The standard InChI is InChI=1S/C30H40O6/c1-7-31-25-13-19-20(14-26(25)32-8-2)22-16-28(34-10-4)30(36-12-6)18-24(22)23-17-29(35-11-5)27(33-9-3)15-21(19)23/h13-14H,7-12,15-18H2,1-6H3. The Morgan fingerprint density at radius 2 is 0.694 bits per heavy atom. The zero-order valence-corrected chi connectivity index (χ0v) is 22.7. The Balaban J connectivity index is 1.99. The molecule has 6 nitrogen and oxygen atoms in total. The minimum absolute atomic E-state index is 0.576. The highest BCUT2D eigenvalue weighted by Gasteiger charge is 2.32. The number of rotatable bonds is 12. The number of ether oxygens (including phenoxy) is 6. The van der Waals surface area contributed by atoms with Gasteiger partial charge in [0.1, 0.15) is 23.0 Å². The molecule has 0 aliphatic heterocycles. The van der Waals surface area contributed by atoms with Crippen LogP contribution in [0.15, 0.2) is 35.2 Å². The molecule has 0 heterocycles. The maximum absolute atomic E-state index is 6.10. The Labute approximate surface area is 215 Å². The molecule has 0 unspecified atom stereocenters. The summed E-state index contributed by atoms with van der Waals surface area (Å²) in [7, 11) is 0. The lowest BCUT2D eigenvalue weighted by Gasteiger charge is -2.32. The normalized spacial score (nSPS) is 14.9. The van der Waals surface area contributed by atoms with Crippen molar-refractivity contribution in [1.82, 2.24) is 0 Å². The number of fused-ring (bicyclic) bond motifs is 6. The second kappa shape index (κ2) is 11.8. The van der Waals surface area contributed by atoms with Crippen LogP contribution in [0, 0.1) is 0 Å². The van der Waals surface area contributed by atoms with Gasteiger partial charge in [0.25, 0.3) is 0 Å². The lowest BCUT2D eigenvalue weighted by atomic mass is 9.78. The number of benzene rings is 2. The van der Waals surface area contributed by atoms with Crippen LogP contribution >= 0.6 is 0 Å². The van der Waals surface area contributed by atoms with E-state index in [1.807, 2.05) is 41.5 Å². The van der Waals surface area contributed by atoms with Gasteiger partial charge in [-0.05, 0) is 86.7 Å². The Bertz CT molecular complexity index is 1070. The lowest BCUT2D eigenvalue weighted by molar-refractivity contribution is 0.152. The van der Waals surface area contributed by atoms with Gasteiger partial charge in [-0.15, -0.1) is 0 Å². The summed E-state index contributed by atoms with van der Waals surface area (Å²) in [5.74, 6) is 5.26. The molecule has 0 saturated heterocycles. The van der Waals surface area contributed by atoms with Gasteiger partial charge in [0.2, 0.25) is 0 Å². The minimum Gasteiger partial charge on any atom is -0.494 e. The third kappa shape index (κ3) is 4.95. The predicted octanol–water partition coefficient (Wildman–Crippen LogP) is 6.40. The van der Waals surface area contributed by atoms with Crippen LogP contribution in [-0.4, -0.2) is 39.6 Å². The highest BCUT2D eigenvalue weighted by molar-refractivity contribution is 5.95. The summed E-state index contributed by atoms with van der Waals surface area (Å²) in [6.07, 6.45) is 2.79. The second-order valence-corrected chi connectivity index (χ2v) is 8.76. The summed E-state index contributed by atoms with van der Waals surface area (Å²) in [5, 5.41) is 2.36. The number of allylic oxidation sites excluding steroid dienone is 4. The molecule has 36 heavy (non-hydrogen) atoms. The zero-order valence-electron chi connectivity index (χ0n) is 22.7. The molecule has 2 aromatic rings. The average Bonchev–Trinajstić information content (AvgIpc) is 2.87. The summed E-state index contributed by atoms with van der Waals surface area (Å²) >= 11 is 0. The second-order valence-electron chi connectivity index (χ2n) is 8.76. The molecule has 0 spiro atoms. The van der Waals surface area contributed by atoms with Gasteiger partial charge in [0, 0.05) is 25.7 Å². The Morgan fingerprint density at radius 1 is 0.417 bits per heavy atom. The first-order valence-corrected chi connectivity index (χ1v) is 13.4. The van der Waals surface area contributed by atoms with E-state index in [1.165, 1.54) is 33.0 Å². The van der Waals surface area contributed by atoms with E-state index < -0.39 is 0 Å². The van der Waals surface area contributed by atoms with Crippen molar-refractivity contribution in [2.45, 2.75) is 67.2 Å². The van der Waals surface area contributed by atoms with Crippen LogP contribution in [0.1, 0.15) is 63.8 Å². The molecule has 0 atom stereocenters. The van der Waals surface area contributed by atoms with Crippen molar-refractivity contribution in [2.75, 3.05) is 39.6 Å². The molecule has 4 rings (SSSR count). The molecule has 2 aliphatic carbocycles. The van der Waals surface area contributed by atoms with E-state index in [1.54, 1.807) is 0 Å². The lowest BCUT2D eigenvalue weighted by Crippen LogP contribution is -2.21. The highest BCUT2D eigenvalue weighted by atomic mass is 16.5. The Morgan fingerprint density at radius 3 is 0.972 bits per heavy atom. The van der Waals surface area contributed by atoms with E-state index >= 15 is 0 Å². The smallest absolute Gasteiger partial charge is 0.161 e. The van der Waals surface area contributed by atoms with Gasteiger partial charge in [-0.25, -0.2) is 0 Å². The fraction of sp³-hybridized carbons (Fsp3) is 0.533. The molecule has 0 bridgehead atoms. The third-order valence-electron chi connectivity index (χ3n) is 6.67. The fourth-order valence-corrected chi connectivity index (χ4v) is 5.38. The van der Waals surface area contributed by atoms with Crippen molar-refractivity contribution in [1.29, 1.82) is 0 Å².